The van der Waals surface area contributed by atoms with Crippen LogP contribution < -0.4 is 0 Å². The molecule has 6 nitrogen and oxygen atoms in total. The molecule has 6 heteroatoms. The summed E-state index contributed by atoms with van der Waals surface area (Å²) in [5.41, 5.74) is -0.337. The van der Waals surface area contributed by atoms with Crippen LogP contribution in [0, 0.1) is 35.0 Å². The largest absolute Gasteiger partial charge is 0.390 e. The van der Waals surface area contributed by atoms with Crippen LogP contribution in [0.15, 0.2) is 12.4 Å². The number of fused-ring (bicyclic) bond motifs is 3. The molecular formula is C25H41N3O3. The van der Waals surface area contributed by atoms with Crippen molar-refractivity contribution in [1.29, 1.82) is 0 Å². The van der Waals surface area contributed by atoms with Gasteiger partial charge < -0.3 is 9.84 Å². The number of methoxy groups -OCH3 is 1. The normalized spacial score (nSPS) is 41.4. The fourth-order valence-electron chi connectivity index (χ4n) is 7.52. The molecule has 0 radical (unpaired) electrons. The summed E-state index contributed by atoms with van der Waals surface area (Å²) < 4.78 is 7.52. The number of ketones is 1. The summed E-state index contributed by atoms with van der Waals surface area (Å²) in [5, 5.41) is 18.6. The van der Waals surface area contributed by atoms with Crippen LogP contribution in [0.2, 0.25) is 0 Å². The Hall–Kier alpha value is -1.27. The van der Waals surface area contributed by atoms with Gasteiger partial charge in [0, 0.05) is 19.2 Å². The summed E-state index contributed by atoms with van der Waals surface area (Å²) in [6.45, 7) is 5.60. The molecule has 31 heavy (non-hydrogen) atoms. The van der Waals surface area contributed by atoms with E-state index in [0.29, 0.717) is 36.0 Å². The number of aromatic nitrogens is 3. The van der Waals surface area contributed by atoms with E-state index in [1.54, 1.807) is 17.1 Å². The zero-order valence-electron chi connectivity index (χ0n) is 19.6. The van der Waals surface area contributed by atoms with E-state index in [0.717, 1.165) is 51.6 Å². The van der Waals surface area contributed by atoms with Crippen LogP contribution in [0.1, 0.15) is 78.1 Å². The molecule has 1 aromatic heterocycles. The smallest absolute Gasteiger partial charge is 0.157 e. The van der Waals surface area contributed by atoms with Crippen LogP contribution in [-0.4, -0.2) is 45.2 Å². The molecule has 1 aromatic rings. The minimum absolute atomic E-state index is 0.132. The van der Waals surface area contributed by atoms with Crippen molar-refractivity contribution in [3.63, 3.8) is 0 Å². The molecule has 0 aromatic carbocycles. The Bertz CT molecular complexity index is 734. The topological polar surface area (TPSA) is 77.2 Å². The average molecular weight is 432 g/mol. The van der Waals surface area contributed by atoms with Gasteiger partial charge in [0.15, 0.2) is 5.78 Å². The lowest BCUT2D eigenvalue weighted by Gasteiger charge is -2.59. The average Bonchev–Trinajstić information content (AvgIpc) is 3.25. The Morgan fingerprint density at radius 1 is 1.19 bits per heavy atom. The number of nitrogens with zero attached hydrogens (tertiary/aromatic N) is 3. The predicted octanol–water partition coefficient (Wildman–Crippen LogP) is 4.27. The molecule has 0 aliphatic heterocycles. The van der Waals surface area contributed by atoms with Gasteiger partial charge in [0.25, 0.3) is 0 Å². The maximum absolute atomic E-state index is 13.0. The maximum atomic E-state index is 13.0. The Kier molecular flexibility index (Phi) is 6.87. The van der Waals surface area contributed by atoms with Gasteiger partial charge in [-0.1, -0.05) is 18.6 Å². The van der Waals surface area contributed by atoms with E-state index < -0.39 is 5.60 Å². The Morgan fingerprint density at radius 3 is 2.77 bits per heavy atom. The molecule has 1 N–H and O–H groups in total. The molecular weight excluding hydrogens is 390 g/mol. The number of ether oxygens (including phenoxy) is 1. The molecule has 7 atom stereocenters. The third-order valence-electron chi connectivity index (χ3n) is 9.16. The number of hydrogen-bond acceptors (Lipinski definition) is 5. The van der Waals surface area contributed by atoms with Crippen molar-refractivity contribution in [1.82, 2.24) is 15.0 Å². The molecule has 0 spiro atoms. The Balaban J connectivity index is 1.51. The highest BCUT2D eigenvalue weighted by atomic mass is 16.5. The zero-order chi connectivity index (χ0) is 22.1. The first-order valence-corrected chi connectivity index (χ1v) is 12.4. The number of carbonyl (C=O) groups excluding carboxylic acids is 1. The third-order valence-corrected chi connectivity index (χ3v) is 9.16. The molecule has 3 aliphatic carbocycles. The van der Waals surface area contributed by atoms with Crippen molar-refractivity contribution < 1.29 is 14.6 Å². The summed E-state index contributed by atoms with van der Waals surface area (Å²) >= 11 is 0. The molecule has 1 heterocycles. The van der Waals surface area contributed by atoms with E-state index in [2.05, 4.69) is 17.2 Å². The van der Waals surface area contributed by atoms with E-state index in [-0.39, 0.29) is 11.3 Å². The fourth-order valence-corrected chi connectivity index (χ4v) is 7.52. The van der Waals surface area contributed by atoms with E-state index in [9.17, 15) is 9.90 Å². The fraction of sp³-hybridized carbons (Fsp3) is 0.880. The summed E-state index contributed by atoms with van der Waals surface area (Å²) in [5.74, 6) is 2.96. The number of aliphatic hydroxyl groups is 1. The van der Waals surface area contributed by atoms with E-state index in [1.807, 2.05) is 14.0 Å². The van der Waals surface area contributed by atoms with Gasteiger partial charge in [-0.2, -0.15) is 0 Å². The minimum Gasteiger partial charge on any atom is -0.390 e. The lowest BCUT2D eigenvalue weighted by Crippen LogP contribution is -2.55. The van der Waals surface area contributed by atoms with Crippen molar-refractivity contribution in [2.45, 2.75) is 90.2 Å². The molecule has 3 saturated carbocycles. The number of carbonyl (C=O) groups is 1. The number of Topliss-reactive ketones (excluding diaryl/α,β-unsaturated/α-hetero) is 1. The first-order chi connectivity index (χ1) is 14.8. The molecule has 3 fully saturated rings. The highest BCUT2D eigenvalue weighted by molar-refractivity contribution is 5.80. The van der Waals surface area contributed by atoms with Crippen molar-refractivity contribution in [3.05, 3.63) is 12.4 Å². The Morgan fingerprint density at radius 2 is 2.03 bits per heavy atom. The van der Waals surface area contributed by atoms with Crippen molar-refractivity contribution in [3.8, 4) is 0 Å². The lowest BCUT2D eigenvalue weighted by molar-refractivity contribution is -0.151. The zero-order valence-corrected chi connectivity index (χ0v) is 19.6. The van der Waals surface area contributed by atoms with Gasteiger partial charge in [-0.05, 0) is 93.8 Å². The van der Waals surface area contributed by atoms with Gasteiger partial charge in [0.05, 0.1) is 18.4 Å². The monoisotopic (exact) mass is 431 g/mol. The van der Waals surface area contributed by atoms with E-state index >= 15 is 0 Å². The summed E-state index contributed by atoms with van der Waals surface area (Å²) in [4.78, 5) is 13.0. The van der Waals surface area contributed by atoms with E-state index in [4.69, 9.17) is 4.74 Å². The number of hydrogen-bond donors (Lipinski definition) is 1. The molecule has 0 saturated heterocycles. The highest BCUT2D eigenvalue weighted by Gasteiger charge is 2.55. The van der Waals surface area contributed by atoms with Crippen molar-refractivity contribution >= 4 is 5.78 Å². The standard InChI is InChI=1S/C25H41N3O3/c1-18-7-8-19(23(29)16-28-14-13-26-27-28)5-4-6-22-21(18)10-9-20-15-24(2,30)11-12-25(20,22)17-31-3/h13-14,18-22,30H,4-12,15-17H2,1-3H3/t18-,19+,20+,21-,22-,24+,25+/m0/s1. The van der Waals surface area contributed by atoms with Gasteiger partial charge in [-0.15, -0.1) is 5.10 Å². The molecule has 0 bridgehead atoms. The van der Waals surface area contributed by atoms with Crippen LogP contribution in [0.25, 0.3) is 0 Å². The second-order valence-electron chi connectivity index (χ2n) is 11.2. The first-order valence-electron chi connectivity index (χ1n) is 12.4. The van der Waals surface area contributed by atoms with Crippen LogP contribution in [-0.2, 0) is 16.1 Å². The quantitative estimate of drug-likeness (QED) is 0.753. The summed E-state index contributed by atoms with van der Waals surface area (Å²) in [6, 6.07) is 0. The van der Waals surface area contributed by atoms with Gasteiger partial charge in [0.1, 0.15) is 6.54 Å². The maximum Gasteiger partial charge on any atom is 0.157 e. The lowest BCUT2D eigenvalue weighted by atomic mass is 9.48. The van der Waals surface area contributed by atoms with Crippen LogP contribution in [0.3, 0.4) is 0 Å². The second-order valence-corrected chi connectivity index (χ2v) is 11.2. The first kappa shape index (κ1) is 22.9. The number of rotatable bonds is 5. The van der Waals surface area contributed by atoms with Crippen LogP contribution in [0.5, 0.6) is 0 Å². The van der Waals surface area contributed by atoms with Crippen molar-refractivity contribution in [2.24, 2.45) is 35.0 Å². The Labute approximate surface area is 187 Å². The third kappa shape index (κ3) is 4.75. The van der Waals surface area contributed by atoms with E-state index in [1.165, 1.54) is 19.3 Å². The van der Waals surface area contributed by atoms with Gasteiger partial charge in [0.2, 0.25) is 0 Å². The van der Waals surface area contributed by atoms with Crippen LogP contribution in [0.4, 0.5) is 0 Å². The van der Waals surface area contributed by atoms with Crippen molar-refractivity contribution in [2.75, 3.05) is 13.7 Å². The summed E-state index contributed by atoms with van der Waals surface area (Å²) in [6.07, 6.45) is 14.1. The highest BCUT2D eigenvalue weighted by Crippen LogP contribution is 2.60. The van der Waals surface area contributed by atoms with Gasteiger partial charge in [-0.25, -0.2) is 4.68 Å². The molecule has 0 unspecified atom stereocenters. The van der Waals surface area contributed by atoms with Gasteiger partial charge in [-0.3, -0.25) is 4.79 Å². The van der Waals surface area contributed by atoms with Gasteiger partial charge >= 0.3 is 0 Å². The van der Waals surface area contributed by atoms with Crippen LogP contribution >= 0.6 is 0 Å². The SMILES string of the molecule is COC[C@]12CC[C@@](C)(O)C[C@H]1CC[C@H]1[C@@H](C)CC[C@H](C(=O)Cn3ccnn3)CCC[C@@H]12. The second kappa shape index (κ2) is 9.30. The predicted molar refractivity (Wildman–Crippen MR) is 119 cm³/mol. The molecule has 4 rings (SSSR count). The summed E-state index contributed by atoms with van der Waals surface area (Å²) in [7, 11) is 1.85. The molecule has 0 amide bonds. The molecule has 174 valence electrons. The minimum atomic E-state index is -0.530. The molecule has 3 aliphatic rings.